The Hall–Kier alpha value is -2.62. The second kappa shape index (κ2) is 12.4. The molecule has 0 spiro atoms. The maximum atomic E-state index is 12.3. The van der Waals surface area contributed by atoms with Crippen LogP contribution < -0.4 is 4.74 Å². The van der Waals surface area contributed by atoms with Gasteiger partial charge in [-0.1, -0.05) is 32.3 Å². The summed E-state index contributed by atoms with van der Waals surface area (Å²) in [6.45, 7) is 3.58. The fourth-order valence-electron chi connectivity index (χ4n) is 3.31. The number of benzene rings is 1. The van der Waals surface area contributed by atoms with E-state index in [1.165, 1.54) is 32.2 Å². The monoisotopic (exact) mass is 452 g/mol. The summed E-state index contributed by atoms with van der Waals surface area (Å²) in [5.41, 5.74) is 0.556. The number of phenols is 1. The molecular weight excluding hydrogens is 420 g/mol. The van der Waals surface area contributed by atoms with E-state index in [0.29, 0.717) is 12.0 Å². The van der Waals surface area contributed by atoms with Crippen molar-refractivity contribution in [2.24, 2.45) is 0 Å². The van der Waals surface area contributed by atoms with Gasteiger partial charge in [0.1, 0.15) is 6.10 Å². The highest BCUT2D eigenvalue weighted by Gasteiger charge is 2.47. The number of carbonyl (C=O) groups is 2. The molecule has 2 rings (SSSR count). The van der Waals surface area contributed by atoms with Crippen LogP contribution in [0.15, 0.2) is 24.3 Å². The molecule has 0 saturated carbocycles. The molecule has 5 atom stereocenters. The van der Waals surface area contributed by atoms with E-state index in [1.807, 2.05) is 0 Å². The SMILES string of the molecule is CCCCCCC(=O)O[C@H]1[C@@H](O)[C@H](C)O[C@@H](O)[C@@H]1OC(=O)C=Cc1ccc(O)c(OC)c1. The van der Waals surface area contributed by atoms with Gasteiger partial charge in [0.25, 0.3) is 0 Å². The quantitative estimate of drug-likeness (QED) is 0.278. The van der Waals surface area contributed by atoms with Crippen LogP contribution in [0.1, 0.15) is 51.5 Å². The molecule has 0 radical (unpaired) electrons. The van der Waals surface area contributed by atoms with Gasteiger partial charge in [0, 0.05) is 12.5 Å². The smallest absolute Gasteiger partial charge is 0.331 e. The number of phenolic OH excluding ortho intramolecular Hbond substituents is 1. The second-order valence-electron chi connectivity index (χ2n) is 7.65. The molecule has 1 aliphatic heterocycles. The van der Waals surface area contributed by atoms with Crippen LogP contribution in [0.2, 0.25) is 0 Å². The summed E-state index contributed by atoms with van der Waals surface area (Å²) in [5.74, 6) is -1.19. The van der Waals surface area contributed by atoms with Crippen molar-refractivity contribution < 1.29 is 43.9 Å². The fourth-order valence-corrected chi connectivity index (χ4v) is 3.31. The summed E-state index contributed by atoms with van der Waals surface area (Å²) in [7, 11) is 1.40. The van der Waals surface area contributed by atoms with Crippen molar-refractivity contribution in [3.05, 3.63) is 29.8 Å². The largest absolute Gasteiger partial charge is 0.504 e. The lowest BCUT2D eigenvalue weighted by Gasteiger charge is -2.40. The van der Waals surface area contributed by atoms with Gasteiger partial charge in [-0.2, -0.15) is 0 Å². The van der Waals surface area contributed by atoms with Gasteiger partial charge < -0.3 is 34.3 Å². The van der Waals surface area contributed by atoms with E-state index in [1.54, 1.807) is 6.07 Å². The maximum Gasteiger partial charge on any atom is 0.331 e. The Bertz CT molecular complexity index is 792. The number of methoxy groups -OCH3 is 1. The standard InChI is InChI=1S/C23H32O9/c1-4-5-6-7-8-18(25)31-21-20(27)14(2)30-23(28)22(21)32-19(26)12-10-15-9-11-16(24)17(13-15)29-3/h9-14,20-24,27-28H,4-8H2,1-3H3/t14-,20-,21-,22+,23+/m0/s1. The van der Waals surface area contributed by atoms with Crippen molar-refractivity contribution in [2.45, 2.75) is 76.7 Å². The van der Waals surface area contributed by atoms with Gasteiger partial charge >= 0.3 is 11.9 Å². The number of aliphatic hydroxyl groups excluding tert-OH is 2. The number of carbonyl (C=O) groups excluding carboxylic acids is 2. The number of hydrogen-bond acceptors (Lipinski definition) is 9. The molecule has 0 unspecified atom stereocenters. The van der Waals surface area contributed by atoms with Crippen LogP contribution in [0.25, 0.3) is 6.08 Å². The minimum atomic E-state index is -1.57. The van der Waals surface area contributed by atoms with E-state index in [-0.39, 0.29) is 17.9 Å². The zero-order valence-electron chi connectivity index (χ0n) is 18.6. The van der Waals surface area contributed by atoms with E-state index in [4.69, 9.17) is 18.9 Å². The Balaban J connectivity index is 2.04. The van der Waals surface area contributed by atoms with Crippen LogP contribution in [0, 0.1) is 0 Å². The summed E-state index contributed by atoms with van der Waals surface area (Å²) in [4.78, 5) is 24.6. The third kappa shape index (κ3) is 7.22. The summed E-state index contributed by atoms with van der Waals surface area (Å²) in [6.07, 6.45) is -0.0808. The first kappa shape index (κ1) is 25.6. The van der Waals surface area contributed by atoms with Crippen LogP contribution in [0.5, 0.6) is 11.5 Å². The average molecular weight is 453 g/mol. The van der Waals surface area contributed by atoms with Crippen LogP contribution in [-0.4, -0.2) is 65.1 Å². The van der Waals surface area contributed by atoms with Crippen LogP contribution in [0.4, 0.5) is 0 Å². The molecule has 1 aromatic carbocycles. The molecule has 0 amide bonds. The van der Waals surface area contributed by atoms with E-state index < -0.39 is 42.6 Å². The summed E-state index contributed by atoms with van der Waals surface area (Å²) in [6, 6.07) is 4.50. The van der Waals surface area contributed by atoms with Gasteiger partial charge in [-0.05, 0) is 37.1 Å². The first-order valence-electron chi connectivity index (χ1n) is 10.7. The second-order valence-corrected chi connectivity index (χ2v) is 7.65. The van der Waals surface area contributed by atoms with Gasteiger partial charge in [0.2, 0.25) is 0 Å². The molecule has 3 N–H and O–H groups in total. The van der Waals surface area contributed by atoms with Crippen molar-refractivity contribution in [3.8, 4) is 11.5 Å². The first-order chi connectivity index (χ1) is 15.3. The third-order valence-electron chi connectivity index (χ3n) is 5.15. The zero-order valence-corrected chi connectivity index (χ0v) is 18.6. The van der Waals surface area contributed by atoms with Crippen molar-refractivity contribution in [2.75, 3.05) is 7.11 Å². The molecule has 1 fully saturated rings. The zero-order chi connectivity index (χ0) is 23.7. The molecular formula is C23H32O9. The molecule has 9 nitrogen and oxygen atoms in total. The van der Waals surface area contributed by atoms with Gasteiger partial charge in [-0.25, -0.2) is 4.79 Å². The average Bonchev–Trinajstić information content (AvgIpc) is 2.76. The number of hydrogen-bond donors (Lipinski definition) is 3. The highest BCUT2D eigenvalue weighted by Crippen LogP contribution is 2.28. The lowest BCUT2D eigenvalue weighted by atomic mass is 9.99. The Morgan fingerprint density at radius 3 is 2.56 bits per heavy atom. The Kier molecular flexibility index (Phi) is 9.96. The highest BCUT2D eigenvalue weighted by atomic mass is 16.7. The van der Waals surface area contributed by atoms with E-state index >= 15 is 0 Å². The molecule has 1 aromatic rings. The topological polar surface area (TPSA) is 132 Å². The lowest BCUT2D eigenvalue weighted by molar-refractivity contribution is -0.285. The minimum absolute atomic E-state index is 0.0443. The molecule has 9 heteroatoms. The predicted molar refractivity (Wildman–Crippen MR) is 115 cm³/mol. The molecule has 1 heterocycles. The number of esters is 2. The van der Waals surface area contributed by atoms with E-state index in [0.717, 1.165) is 25.3 Å². The number of unbranched alkanes of at least 4 members (excludes halogenated alkanes) is 3. The third-order valence-corrected chi connectivity index (χ3v) is 5.15. The lowest BCUT2D eigenvalue weighted by Crippen LogP contribution is -2.59. The van der Waals surface area contributed by atoms with Gasteiger partial charge in [-0.3, -0.25) is 4.79 Å². The van der Waals surface area contributed by atoms with Gasteiger partial charge in [-0.15, -0.1) is 0 Å². The predicted octanol–water partition coefficient (Wildman–Crippen LogP) is 2.31. The van der Waals surface area contributed by atoms with Gasteiger partial charge in [0.05, 0.1) is 13.2 Å². The normalized spacial score (nSPS) is 25.5. The molecule has 0 aromatic heterocycles. The van der Waals surface area contributed by atoms with Crippen LogP contribution in [0.3, 0.4) is 0 Å². The Morgan fingerprint density at radius 1 is 1.12 bits per heavy atom. The minimum Gasteiger partial charge on any atom is -0.504 e. The number of rotatable bonds is 10. The number of aliphatic hydroxyl groups is 2. The summed E-state index contributed by atoms with van der Waals surface area (Å²) in [5, 5.41) is 30.3. The molecule has 1 saturated heterocycles. The number of aromatic hydroxyl groups is 1. The first-order valence-corrected chi connectivity index (χ1v) is 10.7. The Labute approximate surface area is 187 Å². The summed E-state index contributed by atoms with van der Waals surface area (Å²) >= 11 is 0. The van der Waals surface area contributed by atoms with Crippen molar-refractivity contribution >= 4 is 18.0 Å². The maximum absolute atomic E-state index is 12.3. The molecule has 0 bridgehead atoms. The van der Waals surface area contributed by atoms with Crippen LogP contribution >= 0.6 is 0 Å². The molecule has 0 aliphatic carbocycles. The van der Waals surface area contributed by atoms with Crippen molar-refractivity contribution in [3.63, 3.8) is 0 Å². The molecule has 32 heavy (non-hydrogen) atoms. The van der Waals surface area contributed by atoms with Crippen molar-refractivity contribution in [1.82, 2.24) is 0 Å². The molecule has 178 valence electrons. The van der Waals surface area contributed by atoms with Crippen LogP contribution in [-0.2, 0) is 23.8 Å². The van der Waals surface area contributed by atoms with Gasteiger partial charge in [0.15, 0.2) is 30.0 Å². The molecule has 1 aliphatic rings. The number of ether oxygens (including phenoxy) is 4. The Morgan fingerprint density at radius 2 is 1.88 bits per heavy atom. The van der Waals surface area contributed by atoms with Crippen molar-refractivity contribution in [1.29, 1.82) is 0 Å². The summed E-state index contributed by atoms with van der Waals surface area (Å²) < 4.78 is 20.9. The van der Waals surface area contributed by atoms with E-state index in [2.05, 4.69) is 6.92 Å². The highest BCUT2D eigenvalue weighted by molar-refractivity contribution is 5.87. The fraction of sp³-hybridized carbons (Fsp3) is 0.565. The van der Waals surface area contributed by atoms with E-state index in [9.17, 15) is 24.9 Å².